The van der Waals surface area contributed by atoms with Crippen LogP contribution in [0.5, 0.6) is 0 Å². The average molecular weight is 304 g/mol. The molecule has 0 bridgehead atoms. The van der Waals surface area contributed by atoms with Crippen molar-refractivity contribution in [3.8, 4) is 0 Å². The normalized spacial score (nSPS) is 20.7. The summed E-state index contributed by atoms with van der Waals surface area (Å²) in [4.78, 5) is 0. The Hall–Kier alpha value is -0.340. The number of allylic oxidation sites excluding steroid dienone is 2. The summed E-state index contributed by atoms with van der Waals surface area (Å²) in [7, 11) is 0. The van der Waals surface area contributed by atoms with Crippen LogP contribution in [0.2, 0.25) is 0 Å². The fourth-order valence-electron chi connectivity index (χ4n) is 2.01. The smallest absolute Gasteiger partial charge is 0.137 e. The van der Waals surface area contributed by atoms with E-state index in [1.165, 1.54) is 11.6 Å². The summed E-state index contributed by atoms with van der Waals surface area (Å²) in [5.41, 5.74) is 2.50. The summed E-state index contributed by atoms with van der Waals surface area (Å²) in [6.07, 6.45) is 6.35. The van der Waals surface area contributed by atoms with Crippen molar-refractivity contribution >= 4 is 27.5 Å². The van der Waals surface area contributed by atoms with Crippen molar-refractivity contribution < 1.29 is 4.39 Å². The molecule has 0 saturated carbocycles. The van der Waals surface area contributed by atoms with Gasteiger partial charge in [-0.1, -0.05) is 17.7 Å². The SMILES string of the molecule is Fc1ccc(CC2=CC(Cl)CCC2)cc1Br. The standard InChI is InChI=1S/C13H13BrClF/c14-12-8-10(4-5-13(12)16)6-9-2-1-3-11(15)7-9/h4-5,7-8,11H,1-3,6H2. The Morgan fingerprint density at radius 1 is 1.44 bits per heavy atom. The molecule has 1 aliphatic carbocycles. The van der Waals surface area contributed by atoms with Crippen molar-refractivity contribution in [3.63, 3.8) is 0 Å². The number of hydrogen-bond acceptors (Lipinski definition) is 0. The lowest BCUT2D eigenvalue weighted by Crippen LogP contribution is -2.05. The van der Waals surface area contributed by atoms with Gasteiger partial charge in [-0.15, -0.1) is 11.6 Å². The average Bonchev–Trinajstić information content (AvgIpc) is 2.24. The third-order valence-electron chi connectivity index (χ3n) is 2.81. The summed E-state index contributed by atoms with van der Waals surface area (Å²) in [5.74, 6) is -0.211. The van der Waals surface area contributed by atoms with Gasteiger partial charge in [0.15, 0.2) is 0 Å². The molecule has 16 heavy (non-hydrogen) atoms. The molecule has 0 aliphatic heterocycles. The van der Waals surface area contributed by atoms with Crippen LogP contribution in [0.3, 0.4) is 0 Å². The third-order valence-corrected chi connectivity index (χ3v) is 3.76. The van der Waals surface area contributed by atoms with Crippen molar-refractivity contribution in [2.24, 2.45) is 0 Å². The van der Waals surface area contributed by atoms with Crippen LogP contribution < -0.4 is 0 Å². The van der Waals surface area contributed by atoms with Gasteiger partial charge in [0.2, 0.25) is 0 Å². The van der Waals surface area contributed by atoms with E-state index >= 15 is 0 Å². The van der Waals surface area contributed by atoms with Gasteiger partial charge in [0.25, 0.3) is 0 Å². The van der Waals surface area contributed by atoms with Crippen LogP contribution in [0.25, 0.3) is 0 Å². The largest absolute Gasteiger partial charge is 0.206 e. The Morgan fingerprint density at radius 3 is 2.94 bits per heavy atom. The van der Waals surface area contributed by atoms with Crippen molar-refractivity contribution in [2.75, 3.05) is 0 Å². The molecule has 1 aliphatic rings. The molecule has 3 heteroatoms. The molecule has 2 rings (SSSR count). The maximum absolute atomic E-state index is 13.1. The second-order valence-corrected chi connectivity index (χ2v) is 5.57. The van der Waals surface area contributed by atoms with Gasteiger partial charge >= 0.3 is 0 Å². The fraction of sp³-hybridized carbons (Fsp3) is 0.385. The van der Waals surface area contributed by atoms with Gasteiger partial charge in [0.1, 0.15) is 5.82 Å². The lowest BCUT2D eigenvalue weighted by atomic mass is 9.94. The van der Waals surface area contributed by atoms with Crippen LogP contribution in [0.15, 0.2) is 34.3 Å². The van der Waals surface area contributed by atoms with Crippen molar-refractivity contribution in [1.82, 2.24) is 0 Å². The molecule has 86 valence electrons. The van der Waals surface area contributed by atoms with E-state index in [1.807, 2.05) is 12.1 Å². The highest BCUT2D eigenvalue weighted by Crippen LogP contribution is 2.26. The molecule has 0 nitrogen and oxygen atoms in total. The monoisotopic (exact) mass is 302 g/mol. The van der Waals surface area contributed by atoms with E-state index in [-0.39, 0.29) is 11.2 Å². The number of hydrogen-bond donors (Lipinski definition) is 0. The van der Waals surface area contributed by atoms with Gasteiger partial charge in [-0.25, -0.2) is 4.39 Å². The molecule has 0 saturated heterocycles. The molecule has 0 N–H and O–H groups in total. The van der Waals surface area contributed by atoms with E-state index in [4.69, 9.17) is 11.6 Å². The minimum Gasteiger partial charge on any atom is -0.206 e. The summed E-state index contributed by atoms with van der Waals surface area (Å²) in [6.45, 7) is 0. The minimum absolute atomic E-state index is 0.174. The molecule has 1 aromatic carbocycles. The Bertz CT molecular complexity index is 414. The number of halogens is 3. The van der Waals surface area contributed by atoms with E-state index in [9.17, 15) is 4.39 Å². The first-order valence-corrected chi connectivity index (χ1v) is 6.65. The number of alkyl halides is 1. The van der Waals surface area contributed by atoms with Crippen LogP contribution in [0.4, 0.5) is 4.39 Å². The van der Waals surface area contributed by atoms with Crippen LogP contribution in [-0.2, 0) is 6.42 Å². The summed E-state index contributed by atoms with van der Waals surface area (Å²) in [5, 5.41) is 0.174. The third kappa shape index (κ3) is 3.08. The molecular formula is C13H13BrClF. The second kappa shape index (κ2) is 5.33. The predicted molar refractivity (Wildman–Crippen MR) is 69.4 cm³/mol. The number of benzene rings is 1. The van der Waals surface area contributed by atoms with Gasteiger partial charge < -0.3 is 0 Å². The van der Waals surface area contributed by atoms with Crippen LogP contribution >= 0.6 is 27.5 Å². The highest BCUT2D eigenvalue weighted by Gasteiger charge is 2.11. The molecule has 0 amide bonds. The molecule has 1 unspecified atom stereocenters. The van der Waals surface area contributed by atoms with Gasteiger partial charge in [-0.3, -0.25) is 0 Å². The van der Waals surface area contributed by atoms with E-state index < -0.39 is 0 Å². The lowest BCUT2D eigenvalue weighted by Gasteiger charge is -2.16. The summed E-state index contributed by atoms with van der Waals surface area (Å²) >= 11 is 9.29. The first-order chi connectivity index (χ1) is 7.65. The maximum atomic E-state index is 13.1. The zero-order chi connectivity index (χ0) is 11.5. The first-order valence-electron chi connectivity index (χ1n) is 5.43. The van der Waals surface area contributed by atoms with Crippen molar-refractivity contribution in [2.45, 2.75) is 31.1 Å². The highest BCUT2D eigenvalue weighted by molar-refractivity contribution is 9.10. The quantitative estimate of drug-likeness (QED) is 0.541. The van der Waals surface area contributed by atoms with E-state index in [1.54, 1.807) is 0 Å². The van der Waals surface area contributed by atoms with Crippen molar-refractivity contribution in [1.29, 1.82) is 0 Å². The predicted octanol–water partition coefficient (Wildman–Crippen LogP) is 4.85. The topological polar surface area (TPSA) is 0 Å². The Labute approximate surface area is 109 Å². The van der Waals surface area contributed by atoms with E-state index in [2.05, 4.69) is 22.0 Å². The zero-order valence-electron chi connectivity index (χ0n) is 8.85. The van der Waals surface area contributed by atoms with Gasteiger partial charge in [0.05, 0.1) is 9.85 Å². The molecule has 1 aromatic rings. The van der Waals surface area contributed by atoms with E-state index in [0.29, 0.717) is 4.47 Å². The second-order valence-electron chi connectivity index (χ2n) is 4.16. The molecule has 0 fully saturated rings. The van der Waals surface area contributed by atoms with Gasteiger partial charge in [-0.05, 0) is 59.3 Å². The van der Waals surface area contributed by atoms with Crippen LogP contribution in [-0.4, -0.2) is 5.38 Å². The molecule has 0 aromatic heterocycles. The lowest BCUT2D eigenvalue weighted by molar-refractivity contribution is 0.620. The highest BCUT2D eigenvalue weighted by atomic mass is 79.9. The Kier molecular flexibility index (Phi) is 4.04. The molecular weight excluding hydrogens is 290 g/mol. The maximum Gasteiger partial charge on any atom is 0.137 e. The minimum atomic E-state index is -0.211. The number of rotatable bonds is 2. The molecule has 0 spiro atoms. The summed E-state index contributed by atoms with van der Waals surface area (Å²) in [6, 6.07) is 5.17. The van der Waals surface area contributed by atoms with E-state index in [0.717, 1.165) is 31.2 Å². The molecule has 1 atom stereocenters. The fourth-order valence-corrected chi connectivity index (χ4v) is 2.76. The van der Waals surface area contributed by atoms with Gasteiger partial charge in [-0.2, -0.15) is 0 Å². The Balaban J connectivity index is 2.11. The van der Waals surface area contributed by atoms with Gasteiger partial charge in [0, 0.05) is 0 Å². The zero-order valence-corrected chi connectivity index (χ0v) is 11.2. The molecule has 0 radical (unpaired) electrons. The Morgan fingerprint density at radius 2 is 2.25 bits per heavy atom. The molecule has 0 heterocycles. The van der Waals surface area contributed by atoms with Crippen molar-refractivity contribution in [3.05, 3.63) is 45.7 Å². The van der Waals surface area contributed by atoms with Crippen LogP contribution in [0.1, 0.15) is 24.8 Å². The van der Waals surface area contributed by atoms with Crippen LogP contribution in [0, 0.1) is 5.82 Å². The first kappa shape index (κ1) is 12.1. The summed E-state index contributed by atoms with van der Waals surface area (Å²) < 4.78 is 13.6.